The van der Waals surface area contributed by atoms with Gasteiger partial charge < -0.3 is 10.2 Å². The number of alkyl halides is 3. The first-order valence-electron chi connectivity index (χ1n) is 5.11. The molecule has 1 aromatic heterocycles. The molecule has 1 N–H and O–H groups in total. The zero-order chi connectivity index (χ0) is 13.2. The van der Waals surface area contributed by atoms with Crippen molar-refractivity contribution in [1.29, 1.82) is 0 Å². The summed E-state index contributed by atoms with van der Waals surface area (Å²) in [6.07, 6.45) is -2.53. The van der Waals surface area contributed by atoms with Crippen molar-refractivity contribution in [3.05, 3.63) is 22.3 Å². The number of hydrogen-bond acceptors (Lipinski definition) is 4. The topological polar surface area (TPSA) is 46.5 Å². The molecule has 2 rings (SSSR count). The number of aromatic nitrogens is 1. The highest BCUT2D eigenvalue weighted by Crippen LogP contribution is 2.35. The Labute approximate surface area is 109 Å². The summed E-state index contributed by atoms with van der Waals surface area (Å²) in [5, 5.41) is 6.32. The van der Waals surface area contributed by atoms with Gasteiger partial charge in [-0.05, 0) is 22.0 Å². The van der Waals surface area contributed by atoms with Crippen LogP contribution in [-0.4, -0.2) is 23.8 Å². The summed E-state index contributed by atoms with van der Waals surface area (Å²) < 4.78 is 38.6. The SMILES string of the molecule is FC(F)(F)c1cc(Br)cnc1NCC1=NOCC1. The maximum atomic E-state index is 12.8. The van der Waals surface area contributed by atoms with Crippen LogP contribution in [0.5, 0.6) is 0 Å². The van der Waals surface area contributed by atoms with Crippen LogP contribution in [0.25, 0.3) is 0 Å². The van der Waals surface area contributed by atoms with Gasteiger partial charge in [0.1, 0.15) is 12.4 Å². The van der Waals surface area contributed by atoms with Gasteiger partial charge in [0.2, 0.25) is 0 Å². The third kappa shape index (κ3) is 3.12. The van der Waals surface area contributed by atoms with Crippen LogP contribution in [0.2, 0.25) is 0 Å². The van der Waals surface area contributed by atoms with E-state index in [1.165, 1.54) is 6.20 Å². The Morgan fingerprint density at radius 1 is 1.44 bits per heavy atom. The predicted molar refractivity (Wildman–Crippen MR) is 63.4 cm³/mol. The molecule has 0 atom stereocenters. The first-order valence-corrected chi connectivity index (χ1v) is 5.90. The monoisotopic (exact) mass is 323 g/mol. The lowest BCUT2D eigenvalue weighted by molar-refractivity contribution is -0.137. The second-order valence-corrected chi connectivity index (χ2v) is 4.56. The quantitative estimate of drug-likeness (QED) is 0.930. The van der Waals surface area contributed by atoms with E-state index >= 15 is 0 Å². The van der Waals surface area contributed by atoms with E-state index in [4.69, 9.17) is 4.84 Å². The molecular formula is C10H9BrF3N3O. The number of hydrogen-bond donors (Lipinski definition) is 1. The standard InChI is InChI=1S/C10H9BrF3N3O/c11-6-3-8(10(12,13)14)9(15-4-6)16-5-7-1-2-18-17-7/h3-4H,1-2,5H2,(H,15,16). The fourth-order valence-electron chi connectivity index (χ4n) is 1.45. The van der Waals surface area contributed by atoms with Gasteiger partial charge in [0, 0.05) is 17.1 Å². The fraction of sp³-hybridized carbons (Fsp3) is 0.400. The maximum Gasteiger partial charge on any atom is 0.419 e. The Bertz CT molecular complexity index is 476. The molecule has 18 heavy (non-hydrogen) atoms. The van der Waals surface area contributed by atoms with E-state index < -0.39 is 11.7 Å². The van der Waals surface area contributed by atoms with E-state index in [-0.39, 0.29) is 16.8 Å². The van der Waals surface area contributed by atoms with E-state index in [0.717, 1.165) is 6.07 Å². The zero-order valence-electron chi connectivity index (χ0n) is 9.09. The lowest BCUT2D eigenvalue weighted by Crippen LogP contribution is -2.17. The third-order valence-electron chi connectivity index (χ3n) is 2.30. The Morgan fingerprint density at radius 3 is 2.83 bits per heavy atom. The zero-order valence-corrected chi connectivity index (χ0v) is 10.7. The molecule has 1 aliphatic heterocycles. The molecule has 0 aromatic carbocycles. The maximum absolute atomic E-state index is 12.8. The number of pyridine rings is 1. The first-order chi connectivity index (χ1) is 8.47. The Balaban J connectivity index is 2.16. The van der Waals surface area contributed by atoms with Gasteiger partial charge in [-0.3, -0.25) is 0 Å². The molecule has 1 aliphatic rings. The van der Waals surface area contributed by atoms with Crippen LogP contribution >= 0.6 is 15.9 Å². The van der Waals surface area contributed by atoms with Crippen LogP contribution in [0, 0.1) is 0 Å². The van der Waals surface area contributed by atoms with Crippen LogP contribution in [0.15, 0.2) is 21.9 Å². The second kappa shape index (κ2) is 5.13. The van der Waals surface area contributed by atoms with Crippen molar-refractivity contribution in [3.63, 3.8) is 0 Å². The van der Waals surface area contributed by atoms with Gasteiger partial charge in [0.05, 0.1) is 17.8 Å². The normalized spacial score (nSPS) is 15.2. The van der Waals surface area contributed by atoms with Crippen molar-refractivity contribution in [2.75, 3.05) is 18.5 Å². The van der Waals surface area contributed by atoms with Gasteiger partial charge >= 0.3 is 6.18 Å². The van der Waals surface area contributed by atoms with Crippen LogP contribution in [0.1, 0.15) is 12.0 Å². The largest absolute Gasteiger partial charge is 0.419 e. The number of halogens is 4. The third-order valence-corrected chi connectivity index (χ3v) is 2.73. The van der Waals surface area contributed by atoms with E-state index in [9.17, 15) is 13.2 Å². The number of nitrogens with one attached hydrogen (secondary N) is 1. The van der Waals surface area contributed by atoms with Crippen molar-refractivity contribution in [1.82, 2.24) is 4.98 Å². The van der Waals surface area contributed by atoms with E-state index in [0.29, 0.717) is 18.7 Å². The van der Waals surface area contributed by atoms with Crippen molar-refractivity contribution in [3.8, 4) is 0 Å². The molecule has 1 aromatic rings. The first kappa shape index (κ1) is 13.1. The average Bonchev–Trinajstić information content (AvgIpc) is 2.79. The van der Waals surface area contributed by atoms with Crippen molar-refractivity contribution >= 4 is 27.5 Å². The molecule has 4 nitrogen and oxygen atoms in total. The number of nitrogens with zero attached hydrogens (tertiary/aromatic N) is 2. The molecule has 0 saturated carbocycles. The van der Waals surface area contributed by atoms with Crippen molar-refractivity contribution in [2.45, 2.75) is 12.6 Å². The minimum atomic E-state index is -4.45. The molecular weight excluding hydrogens is 315 g/mol. The average molecular weight is 324 g/mol. The van der Waals surface area contributed by atoms with Gasteiger partial charge in [-0.15, -0.1) is 0 Å². The summed E-state index contributed by atoms with van der Waals surface area (Å²) in [7, 11) is 0. The second-order valence-electron chi connectivity index (χ2n) is 3.64. The molecule has 8 heteroatoms. The summed E-state index contributed by atoms with van der Waals surface area (Å²) in [6.45, 7) is 0.661. The molecule has 0 saturated heterocycles. The lowest BCUT2D eigenvalue weighted by Gasteiger charge is -2.13. The van der Waals surface area contributed by atoms with Gasteiger partial charge in [-0.1, -0.05) is 5.16 Å². The van der Waals surface area contributed by atoms with Gasteiger partial charge in [-0.2, -0.15) is 13.2 Å². The summed E-state index contributed by atoms with van der Waals surface area (Å²) in [6, 6.07) is 0.988. The Hall–Kier alpha value is -1.31. The molecule has 98 valence electrons. The summed E-state index contributed by atoms with van der Waals surface area (Å²) in [4.78, 5) is 8.49. The fourth-order valence-corrected chi connectivity index (χ4v) is 1.78. The molecule has 0 bridgehead atoms. The summed E-state index contributed by atoms with van der Waals surface area (Å²) in [5.41, 5.74) is -0.135. The van der Waals surface area contributed by atoms with E-state index in [1.54, 1.807) is 0 Å². The highest BCUT2D eigenvalue weighted by molar-refractivity contribution is 9.10. The van der Waals surface area contributed by atoms with Crippen molar-refractivity contribution in [2.24, 2.45) is 5.16 Å². The lowest BCUT2D eigenvalue weighted by atomic mass is 10.2. The van der Waals surface area contributed by atoms with Crippen LogP contribution in [0.4, 0.5) is 19.0 Å². The molecule has 0 aliphatic carbocycles. The predicted octanol–water partition coefficient (Wildman–Crippen LogP) is 3.05. The van der Waals surface area contributed by atoms with E-state index in [1.807, 2.05) is 0 Å². The van der Waals surface area contributed by atoms with E-state index in [2.05, 4.69) is 31.4 Å². The molecule has 0 amide bonds. The summed E-state index contributed by atoms with van der Waals surface area (Å²) >= 11 is 2.97. The van der Waals surface area contributed by atoms with Crippen LogP contribution < -0.4 is 5.32 Å². The Morgan fingerprint density at radius 2 is 2.22 bits per heavy atom. The number of anilines is 1. The Kier molecular flexibility index (Phi) is 3.74. The van der Waals surface area contributed by atoms with Crippen LogP contribution in [-0.2, 0) is 11.0 Å². The van der Waals surface area contributed by atoms with Crippen LogP contribution in [0.3, 0.4) is 0 Å². The highest BCUT2D eigenvalue weighted by atomic mass is 79.9. The molecule has 2 heterocycles. The minimum Gasteiger partial charge on any atom is -0.395 e. The molecule has 0 spiro atoms. The van der Waals surface area contributed by atoms with Gasteiger partial charge in [0.25, 0.3) is 0 Å². The van der Waals surface area contributed by atoms with Gasteiger partial charge in [0.15, 0.2) is 0 Å². The molecule has 0 unspecified atom stereocenters. The molecule has 0 fully saturated rings. The summed E-state index contributed by atoms with van der Waals surface area (Å²) in [5.74, 6) is -0.208. The molecule has 0 radical (unpaired) electrons. The number of oxime groups is 1. The smallest absolute Gasteiger partial charge is 0.395 e. The van der Waals surface area contributed by atoms with Gasteiger partial charge in [-0.25, -0.2) is 4.98 Å². The number of rotatable bonds is 3. The highest BCUT2D eigenvalue weighted by Gasteiger charge is 2.34. The van der Waals surface area contributed by atoms with Crippen molar-refractivity contribution < 1.29 is 18.0 Å². The minimum absolute atomic E-state index is 0.192.